The van der Waals surface area contributed by atoms with Gasteiger partial charge in [0.15, 0.2) is 0 Å². The summed E-state index contributed by atoms with van der Waals surface area (Å²) in [4.78, 5) is 11.4. The Bertz CT molecular complexity index is 217. The molecule has 0 aromatic heterocycles. The maximum Gasteiger partial charge on any atom is 0.319 e. The second kappa shape index (κ2) is 10.3. The number of hydrogen-bond acceptors (Lipinski definition) is 5. The van der Waals surface area contributed by atoms with Gasteiger partial charge in [0.05, 0.1) is 26.4 Å². The lowest BCUT2D eigenvalue weighted by atomic mass is 10.2. The molecule has 0 aromatic rings. The molecule has 5 nitrogen and oxygen atoms in total. The summed E-state index contributed by atoms with van der Waals surface area (Å²) in [6.45, 7) is 2.55. The first kappa shape index (κ1) is 15.4. The second-order valence-electron chi connectivity index (χ2n) is 4.54. The Hall–Kier alpha value is -0.650. The number of hydrogen-bond donors (Lipinski definition) is 1. The Morgan fingerprint density at radius 1 is 1.17 bits per heavy atom. The molecular formula is C13H25NO4. The van der Waals surface area contributed by atoms with Crippen molar-refractivity contribution in [1.82, 2.24) is 5.32 Å². The molecule has 0 bridgehead atoms. The predicted octanol–water partition coefficient (Wildman–Crippen LogP) is 1.11. The average Bonchev–Trinajstić information content (AvgIpc) is 2.88. The van der Waals surface area contributed by atoms with Crippen LogP contribution in [-0.2, 0) is 19.0 Å². The highest BCUT2D eigenvalue weighted by Crippen LogP contribution is 2.17. The lowest BCUT2D eigenvalue weighted by Crippen LogP contribution is -2.32. The Kier molecular flexibility index (Phi) is 8.81. The van der Waals surface area contributed by atoms with Gasteiger partial charge in [-0.1, -0.05) is 12.8 Å². The fourth-order valence-corrected chi connectivity index (χ4v) is 2.00. The normalized spacial score (nSPS) is 16.1. The van der Waals surface area contributed by atoms with Gasteiger partial charge in [0.25, 0.3) is 0 Å². The van der Waals surface area contributed by atoms with Crippen LogP contribution in [0.15, 0.2) is 0 Å². The van der Waals surface area contributed by atoms with Crippen LogP contribution in [0.4, 0.5) is 0 Å². The first-order chi connectivity index (χ1) is 8.83. The largest absolute Gasteiger partial charge is 0.465 e. The fraction of sp³-hybridized carbons (Fsp3) is 0.923. The molecule has 5 heteroatoms. The van der Waals surface area contributed by atoms with Gasteiger partial charge in [-0.3, -0.25) is 4.79 Å². The Labute approximate surface area is 109 Å². The molecule has 0 atom stereocenters. The highest BCUT2D eigenvalue weighted by atomic mass is 16.5. The maximum absolute atomic E-state index is 11.4. The zero-order valence-corrected chi connectivity index (χ0v) is 11.3. The van der Waals surface area contributed by atoms with E-state index in [-0.39, 0.29) is 5.97 Å². The zero-order valence-electron chi connectivity index (χ0n) is 11.3. The quantitative estimate of drug-likeness (QED) is 0.470. The third-order valence-corrected chi connectivity index (χ3v) is 3.02. The van der Waals surface area contributed by atoms with Crippen molar-refractivity contribution < 1.29 is 19.0 Å². The van der Waals surface area contributed by atoms with Crippen LogP contribution < -0.4 is 5.32 Å². The molecule has 0 aromatic carbocycles. The van der Waals surface area contributed by atoms with Crippen molar-refractivity contribution in [2.45, 2.75) is 38.1 Å². The predicted molar refractivity (Wildman–Crippen MR) is 68.5 cm³/mol. The molecule has 1 aliphatic carbocycles. The molecule has 1 rings (SSSR count). The summed E-state index contributed by atoms with van der Waals surface area (Å²) in [5, 5.41) is 3.23. The first-order valence-electron chi connectivity index (χ1n) is 6.78. The molecule has 0 spiro atoms. The number of ether oxygens (including phenoxy) is 3. The highest BCUT2D eigenvalue weighted by molar-refractivity contribution is 5.71. The number of esters is 1. The van der Waals surface area contributed by atoms with Crippen LogP contribution in [0.2, 0.25) is 0 Å². The van der Waals surface area contributed by atoms with Crippen LogP contribution in [0, 0.1) is 0 Å². The van der Waals surface area contributed by atoms with E-state index in [0.717, 1.165) is 6.42 Å². The smallest absolute Gasteiger partial charge is 0.319 e. The van der Waals surface area contributed by atoms with Gasteiger partial charge in [-0.05, 0) is 12.8 Å². The molecule has 18 heavy (non-hydrogen) atoms. The average molecular weight is 259 g/mol. The third kappa shape index (κ3) is 7.63. The SMILES string of the molecule is COCCOCCCOC(=O)CNC1CCCC1. The Morgan fingerprint density at radius 3 is 2.67 bits per heavy atom. The standard InChI is InChI=1S/C13H25NO4/c1-16-9-10-17-7-4-8-18-13(15)11-14-12-5-2-3-6-12/h12,14H,2-11H2,1H3. The Morgan fingerprint density at radius 2 is 1.94 bits per heavy atom. The summed E-state index contributed by atoms with van der Waals surface area (Å²) >= 11 is 0. The second-order valence-corrected chi connectivity index (χ2v) is 4.54. The van der Waals surface area contributed by atoms with E-state index < -0.39 is 0 Å². The van der Waals surface area contributed by atoms with E-state index in [0.29, 0.717) is 39.0 Å². The van der Waals surface area contributed by atoms with Gasteiger partial charge in [0.2, 0.25) is 0 Å². The molecule has 0 saturated heterocycles. The summed E-state index contributed by atoms with van der Waals surface area (Å²) in [6.07, 6.45) is 5.64. The fourth-order valence-electron chi connectivity index (χ4n) is 2.00. The Balaban J connectivity index is 1.84. The lowest BCUT2D eigenvalue weighted by Gasteiger charge is -2.11. The summed E-state index contributed by atoms with van der Waals surface area (Å²) in [6, 6.07) is 0.509. The molecule has 0 amide bonds. The number of nitrogens with one attached hydrogen (secondary N) is 1. The van der Waals surface area contributed by atoms with Crippen LogP contribution >= 0.6 is 0 Å². The summed E-state index contributed by atoms with van der Waals surface area (Å²) in [5.41, 5.74) is 0. The minimum atomic E-state index is -0.168. The van der Waals surface area contributed by atoms with Crippen molar-refractivity contribution in [1.29, 1.82) is 0 Å². The zero-order chi connectivity index (χ0) is 13.1. The van der Waals surface area contributed by atoms with E-state index in [1.54, 1.807) is 7.11 Å². The molecule has 0 heterocycles. The van der Waals surface area contributed by atoms with Crippen molar-refractivity contribution in [3.8, 4) is 0 Å². The third-order valence-electron chi connectivity index (χ3n) is 3.02. The summed E-state index contributed by atoms with van der Waals surface area (Å²) in [7, 11) is 1.64. The molecule has 106 valence electrons. The van der Waals surface area contributed by atoms with Crippen LogP contribution in [0.3, 0.4) is 0 Å². The van der Waals surface area contributed by atoms with Crippen molar-refractivity contribution in [2.24, 2.45) is 0 Å². The lowest BCUT2D eigenvalue weighted by molar-refractivity contribution is -0.143. The monoisotopic (exact) mass is 259 g/mol. The van der Waals surface area contributed by atoms with Gasteiger partial charge in [-0.2, -0.15) is 0 Å². The molecule has 0 unspecified atom stereocenters. The van der Waals surface area contributed by atoms with Crippen LogP contribution in [-0.4, -0.2) is 52.1 Å². The molecule has 0 radical (unpaired) electrons. The van der Waals surface area contributed by atoms with Crippen molar-refractivity contribution >= 4 is 5.97 Å². The molecule has 0 aliphatic heterocycles. The van der Waals surface area contributed by atoms with E-state index in [1.165, 1.54) is 25.7 Å². The highest BCUT2D eigenvalue weighted by Gasteiger charge is 2.15. The van der Waals surface area contributed by atoms with Crippen LogP contribution in [0.1, 0.15) is 32.1 Å². The van der Waals surface area contributed by atoms with Gasteiger partial charge in [0.1, 0.15) is 0 Å². The number of methoxy groups -OCH3 is 1. The van der Waals surface area contributed by atoms with Gasteiger partial charge < -0.3 is 19.5 Å². The first-order valence-corrected chi connectivity index (χ1v) is 6.78. The van der Waals surface area contributed by atoms with E-state index in [2.05, 4.69) is 5.32 Å². The van der Waals surface area contributed by atoms with E-state index in [1.807, 2.05) is 0 Å². The van der Waals surface area contributed by atoms with Gasteiger partial charge >= 0.3 is 5.97 Å². The van der Waals surface area contributed by atoms with Gasteiger partial charge in [0, 0.05) is 26.2 Å². The number of carbonyl (C=O) groups is 1. The molecule has 1 N–H and O–H groups in total. The topological polar surface area (TPSA) is 56.8 Å². The van der Waals surface area contributed by atoms with Crippen LogP contribution in [0.25, 0.3) is 0 Å². The van der Waals surface area contributed by atoms with Crippen molar-refractivity contribution in [3.63, 3.8) is 0 Å². The van der Waals surface area contributed by atoms with Crippen LogP contribution in [0.5, 0.6) is 0 Å². The molecule has 1 fully saturated rings. The van der Waals surface area contributed by atoms with E-state index in [4.69, 9.17) is 14.2 Å². The number of carbonyl (C=O) groups excluding carboxylic acids is 1. The summed E-state index contributed by atoms with van der Waals surface area (Å²) in [5.74, 6) is -0.168. The van der Waals surface area contributed by atoms with Gasteiger partial charge in [-0.15, -0.1) is 0 Å². The summed E-state index contributed by atoms with van der Waals surface area (Å²) < 4.78 is 15.2. The van der Waals surface area contributed by atoms with E-state index in [9.17, 15) is 4.79 Å². The minimum absolute atomic E-state index is 0.168. The van der Waals surface area contributed by atoms with Crippen molar-refractivity contribution in [3.05, 3.63) is 0 Å². The maximum atomic E-state index is 11.4. The molecular weight excluding hydrogens is 234 g/mol. The number of rotatable bonds is 10. The van der Waals surface area contributed by atoms with Crippen molar-refractivity contribution in [2.75, 3.05) is 40.1 Å². The van der Waals surface area contributed by atoms with Gasteiger partial charge in [-0.25, -0.2) is 0 Å². The minimum Gasteiger partial charge on any atom is -0.465 e. The molecule has 1 saturated carbocycles. The molecule has 1 aliphatic rings. The van der Waals surface area contributed by atoms with E-state index >= 15 is 0 Å².